The van der Waals surface area contributed by atoms with E-state index in [4.69, 9.17) is 0 Å². The van der Waals surface area contributed by atoms with E-state index in [1.807, 2.05) is 17.8 Å². The largest absolute Gasteiger partial charge is 0.380 e. The van der Waals surface area contributed by atoms with E-state index in [2.05, 4.69) is 51.7 Å². The molecule has 5 nitrogen and oxygen atoms in total. The molecule has 0 spiro atoms. The van der Waals surface area contributed by atoms with Gasteiger partial charge in [0, 0.05) is 29.4 Å². The van der Waals surface area contributed by atoms with Crippen LogP contribution in [0.5, 0.6) is 0 Å². The Hall–Kier alpha value is -2.21. The van der Waals surface area contributed by atoms with E-state index in [0.29, 0.717) is 0 Å². The maximum Gasteiger partial charge on any atom is 0.163 e. The fourth-order valence-corrected chi connectivity index (χ4v) is 2.87. The van der Waals surface area contributed by atoms with E-state index in [-0.39, 0.29) is 0 Å². The van der Waals surface area contributed by atoms with Crippen LogP contribution in [0.4, 0.5) is 5.69 Å². The molecule has 0 aliphatic heterocycles. The molecular formula is C15H17N5S. The van der Waals surface area contributed by atoms with Crippen molar-refractivity contribution in [3.8, 4) is 11.4 Å². The first-order chi connectivity index (χ1) is 10.3. The lowest BCUT2D eigenvalue weighted by atomic mass is 10.2. The molecule has 0 radical (unpaired) electrons. The zero-order chi connectivity index (χ0) is 14.7. The van der Waals surface area contributed by atoms with Gasteiger partial charge in [0.05, 0.1) is 11.6 Å². The lowest BCUT2D eigenvalue weighted by Gasteiger charge is -2.06. The molecule has 0 saturated heterocycles. The highest BCUT2D eigenvalue weighted by atomic mass is 32.1. The van der Waals surface area contributed by atoms with E-state index in [1.54, 1.807) is 17.7 Å². The number of aromatic nitrogens is 4. The summed E-state index contributed by atoms with van der Waals surface area (Å²) in [6.45, 7) is 2.93. The van der Waals surface area contributed by atoms with Crippen molar-refractivity contribution in [2.75, 3.05) is 5.32 Å². The van der Waals surface area contributed by atoms with Gasteiger partial charge in [-0.05, 0) is 30.7 Å². The topological polar surface area (TPSA) is 55.6 Å². The normalized spacial score (nSPS) is 10.8. The SMILES string of the molecule is CCc1ncc(CNc2ccc(-c3nncn3C)cc2)s1. The van der Waals surface area contributed by atoms with Crippen LogP contribution in [0.3, 0.4) is 0 Å². The fraction of sp³-hybridized carbons (Fsp3) is 0.267. The molecule has 0 saturated carbocycles. The second-order valence-electron chi connectivity index (χ2n) is 4.77. The lowest BCUT2D eigenvalue weighted by Crippen LogP contribution is -1.97. The molecule has 1 N–H and O–H groups in total. The van der Waals surface area contributed by atoms with Gasteiger partial charge in [-0.2, -0.15) is 0 Å². The Bertz CT molecular complexity index is 714. The molecule has 3 aromatic rings. The smallest absolute Gasteiger partial charge is 0.163 e. The third kappa shape index (κ3) is 3.11. The second-order valence-corrected chi connectivity index (χ2v) is 5.97. The Morgan fingerprint density at radius 3 is 2.67 bits per heavy atom. The summed E-state index contributed by atoms with van der Waals surface area (Å²) in [4.78, 5) is 5.62. The van der Waals surface area contributed by atoms with Gasteiger partial charge in [-0.25, -0.2) is 4.98 Å². The first kappa shape index (κ1) is 13.8. The average molecular weight is 299 g/mol. The number of thiazole rings is 1. The fourth-order valence-electron chi connectivity index (χ4n) is 2.06. The first-order valence-electron chi connectivity index (χ1n) is 6.88. The summed E-state index contributed by atoms with van der Waals surface area (Å²) < 4.78 is 1.91. The predicted octanol–water partition coefficient (Wildman–Crippen LogP) is 3.11. The summed E-state index contributed by atoms with van der Waals surface area (Å²) >= 11 is 1.76. The Labute approximate surface area is 127 Å². The number of aryl methyl sites for hydroxylation is 2. The van der Waals surface area contributed by atoms with Gasteiger partial charge in [0.1, 0.15) is 6.33 Å². The second kappa shape index (κ2) is 6.05. The maximum absolute atomic E-state index is 4.37. The Balaban J connectivity index is 1.66. The summed E-state index contributed by atoms with van der Waals surface area (Å²) in [6, 6.07) is 8.23. The van der Waals surface area contributed by atoms with E-state index in [9.17, 15) is 0 Å². The van der Waals surface area contributed by atoms with E-state index in [1.165, 1.54) is 9.88 Å². The molecule has 108 valence electrons. The average Bonchev–Trinajstić information content (AvgIpc) is 3.14. The van der Waals surface area contributed by atoms with Crippen molar-refractivity contribution in [3.63, 3.8) is 0 Å². The van der Waals surface area contributed by atoms with Crippen LogP contribution < -0.4 is 5.32 Å². The molecule has 0 aliphatic rings. The van der Waals surface area contributed by atoms with Gasteiger partial charge in [0.2, 0.25) is 0 Å². The van der Waals surface area contributed by atoms with Gasteiger partial charge in [0.15, 0.2) is 5.82 Å². The first-order valence-corrected chi connectivity index (χ1v) is 7.70. The molecule has 0 aliphatic carbocycles. The van der Waals surface area contributed by atoms with Crippen molar-refractivity contribution in [1.82, 2.24) is 19.7 Å². The van der Waals surface area contributed by atoms with Gasteiger partial charge in [-0.3, -0.25) is 0 Å². The number of nitrogens with zero attached hydrogens (tertiary/aromatic N) is 4. The van der Waals surface area contributed by atoms with E-state index >= 15 is 0 Å². The molecule has 21 heavy (non-hydrogen) atoms. The van der Waals surface area contributed by atoms with Crippen molar-refractivity contribution in [2.45, 2.75) is 19.9 Å². The summed E-state index contributed by atoms with van der Waals surface area (Å²) in [5.74, 6) is 0.872. The number of anilines is 1. The molecule has 0 amide bonds. The van der Waals surface area contributed by atoms with Crippen LogP contribution in [0, 0.1) is 0 Å². The summed E-state index contributed by atoms with van der Waals surface area (Å²) in [5.41, 5.74) is 2.15. The molecule has 2 aromatic heterocycles. The Kier molecular flexibility index (Phi) is 3.96. The third-order valence-electron chi connectivity index (χ3n) is 3.23. The minimum atomic E-state index is 0.807. The molecule has 0 atom stereocenters. The van der Waals surface area contributed by atoms with Crippen molar-refractivity contribution in [1.29, 1.82) is 0 Å². The third-order valence-corrected chi connectivity index (χ3v) is 4.37. The molecule has 1 aromatic carbocycles. The van der Waals surface area contributed by atoms with Crippen molar-refractivity contribution < 1.29 is 0 Å². The van der Waals surface area contributed by atoms with Gasteiger partial charge in [0.25, 0.3) is 0 Å². The van der Waals surface area contributed by atoms with Crippen LogP contribution in [0.1, 0.15) is 16.8 Å². The van der Waals surface area contributed by atoms with Crippen molar-refractivity contribution in [2.24, 2.45) is 7.05 Å². The van der Waals surface area contributed by atoms with Crippen molar-refractivity contribution >= 4 is 17.0 Å². The highest BCUT2D eigenvalue weighted by Crippen LogP contribution is 2.20. The predicted molar refractivity (Wildman–Crippen MR) is 85.3 cm³/mol. The number of rotatable bonds is 5. The quantitative estimate of drug-likeness (QED) is 0.786. The molecular weight excluding hydrogens is 282 g/mol. The number of benzene rings is 1. The zero-order valence-electron chi connectivity index (χ0n) is 12.1. The van der Waals surface area contributed by atoms with Gasteiger partial charge < -0.3 is 9.88 Å². The maximum atomic E-state index is 4.37. The van der Waals surface area contributed by atoms with Crippen LogP contribution in [0.25, 0.3) is 11.4 Å². The monoisotopic (exact) mass is 299 g/mol. The molecule has 0 unspecified atom stereocenters. The Morgan fingerprint density at radius 2 is 2.05 bits per heavy atom. The van der Waals surface area contributed by atoms with Crippen LogP contribution in [-0.2, 0) is 20.0 Å². The van der Waals surface area contributed by atoms with Crippen molar-refractivity contribution in [3.05, 3.63) is 46.7 Å². The highest BCUT2D eigenvalue weighted by molar-refractivity contribution is 7.11. The Morgan fingerprint density at radius 1 is 1.24 bits per heavy atom. The zero-order valence-corrected chi connectivity index (χ0v) is 12.9. The van der Waals surface area contributed by atoms with E-state index < -0.39 is 0 Å². The van der Waals surface area contributed by atoms with Gasteiger partial charge >= 0.3 is 0 Å². The number of hydrogen-bond donors (Lipinski definition) is 1. The summed E-state index contributed by atoms with van der Waals surface area (Å²) in [6.07, 6.45) is 4.65. The summed E-state index contributed by atoms with van der Waals surface area (Å²) in [7, 11) is 1.94. The minimum Gasteiger partial charge on any atom is -0.380 e. The molecule has 0 fully saturated rings. The molecule has 2 heterocycles. The molecule has 3 rings (SSSR count). The molecule has 6 heteroatoms. The number of nitrogens with one attached hydrogen (secondary N) is 1. The minimum absolute atomic E-state index is 0.807. The lowest BCUT2D eigenvalue weighted by molar-refractivity contribution is 0.920. The van der Waals surface area contributed by atoms with Gasteiger partial charge in [-0.1, -0.05) is 6.92 Å². The van der Waals surface area contributed by atoms with Crippen LogP contribution in [-0.4, -0.2) is 19.7 Å². The van der Waals surface area contributed by atoms with Crippen LogP contribution in [0.15, 0.2) is 36.8 Å². The van der Waals surface area contributed by atoms with Gasteiger partial charge in [-0.15, -0.1) is 21.5 Å². The van der Waals surface area contributed by atoms with Crippen LogP contribution in [0.2, 0.25) is 0 Å². The van der Waals surface area contributed by atoms with Crippen LogP contribution >= 0.6 is 11.3 Å². The molecule has 0 bridgehead atoms. The summed E-state index contributed by atoms with van der Waals surface area (Å²) in [5, 5.41) is 12.6. The van der Waals surface area contributed by atoms with E-state index in [0.717, 1.165) is 30.0 Å². The standard InChI is InChI=1S/C15H17N5S/c1-3-14-17-9-13(21-14)8-16-12-6-4-11(5-7-12)15-19-18-10-20(15)2/h4-7,9-10,16H,3,8H2,1-2H3. The number of hydrogen-bond acceptors (Lipinski definition) is 5. The highest BCUT2D eigenvalue weighted by Gasteiger charge is 2.04.